The van der Waals surface area contributed by atoms with E-state index in [1.807, 2.05) is 0 Å². The topological polar surface area (TPSA) is 48.2 Å². The second-order valence-corrected chi connectivity index (χ2v) is 5.30. The summed E-state index contributed by atoms with van der Waals surface area (Å²) in [5.41, 5.74) is 0.133. The maximum atomic E-state index is 12.5. The number of ether oxygens (including phenoxy) is 1. The van der Waals surface area contributed by atoms with Crippen LogP contribution >= 0.6 is 15.9 Å². The maximum Gasteiger partial charge on any atom is 0.417 e. The first kappa shape index (κ1) is 14.8. The van der Waals surface area contributed by atoms with Gasteiger partial charge in [-0.3, -0.25) is 0 Å². The van der Waals surface area contributed by atoms with E-state index in [0.717, 1.165) is 18.3 Å². The normalized spacial score (nSPS) is 11.9. The number of fused-ring (bicyclic) bond motifs is 1. The van der Waals surface area contributed by atoms with E-state index >= 15 is 0 Å². The van der Waals surface area contributed by atoms with Crippen molar-refractivity contribution in [2.45, 2.75) is 13.1 Å². The fourth-order valence-electron chi connectivity index (χ4n) is 1.86. The lowest BCUT2D eigenvalue weighted by molar-refractivity contribution is -0.137. The average molecular weight is 373 g/mol. The molecule has 3 rings (SSSR count). The van der Waals surface area contributed by atoms with Gasteiger partial charge in [0.2, 0.25) is 5.88 Å². The zero-order valence-electron chi connectivity index (χ0n) is 11.1. The molecule has 0 amide bonds. The summed E-state index contributed by atoms with van der Waals surface area (Å²) in [6.45, 7) is 1.69. The molecule has 0 saturated carbocycles. The van der Waals surface area contributed by atoms with Crippen molar-refractivity contribution in [1.82, 2.24) is 9.97 Å². The Hall–Kier alpha value is -2.09. The van der Waals surface area contributed by atoms with Crippen molar-refractivity contribution in [2.24, 2.45) is 0 Å². The third kappa shape index (κ3) is 2.78. The van der Waals surface area contributed by atoms with E-state index in [1.165, 1.54) is 0 Å². The van der Waals surface area contributed by atoms with Gasteiger partial charge in [-0.25, -0.2) is 9.97 Å². The molecule has 2 heterocycles. The van der Waals surface area contributed by atoms with Crippen molar-refractivity contribution >= 4 is 27.0 Å². The number of aromatic nitrogens is 2. The van der Waals surface area contributed by atoms with E-state index < -0.39 is 11.7 Å². The fourth-order valence-corrected chi connectivity index (χ4v) is 2.26. The molecule has 0 aliphatic heterocycles. The molecule has 8 heteroatoms. The lowest BCUT2D eigenvalue weighted by Gasteiger charge is -2.08. The van der Waals surface area contributed by atoms with E-state index in [0.29, 0.717) is 27.2 Å². The number of aryl methyl sites for hydroxylation is 1. The molecule has 22 heavy (non-hydrogen) atoms. The first-order valence-electron chi connectivity index (χ1n) is 6.11. The molecule has 3 aromatic rings. The molecule has 0 unspecified atom stereocenters. The predicted molar refractivity (Wildman–Crippen MR) is 75.8 cm³/mol. The molecule has 1 aromatic carbocycles. The summed E-state index contributed by atoms with van der Waals surface area (Å²) in [7, 11) is 0. The molecule has 0 aliphatic rings. The highest BCUT2D eigenvalue weighted by atomic mass is 79.9. The lowest BCUT2D eigenvalue weighted by Crippen LogP contribution is -2.05. The van der Waals surface area contributed by atoms with Gasteiger partial charge < -0.3 is 9.15 Å². The van der Waals surface area contributed by atoms with Crippen LogP contribution in [0.15, 0.2) is 39.4 Å². The summed E-state index contributed by atoms with van der Waals surface area (Å²) in [6.07, 6.45) is -3.71. The number of rotatable bonds is 2. The van der Waals surface area contributed by atoms with Crippen molar-refractivity contribution in [3.63, 3.8) is 0 Å². The maximum absolute atomic E-state index is 12.5. The van der Waals surface area contributed by atoms with Crippen LogP contribution in [0.25, 0.3) is 11.1 Å². The number of hydrogen-bond acceptors (Lipinski definition) is 4. The SMILES string of the molecule is Cc1nc2c(Oc3ccc(C(F)(F)F)cn3)ccc(Br)c2o1. The smallest absolute Gasteiger partial charge is 0.417 e. The third-order valence-electron chi connectivity index (χ3n) is 2.84. The largest absolute Gasteiger partial charge is 0.440 e. The van der Waals surface area contributed by atoms with Gasteiger partial charge in [0.1, 0.15) is 0 Å². The first-order chi connectivity index (χ1) is 10.3. The van der Waals surface area contributed by atoms with Gasteiger partial charge in [-0.2, -0.15) is 13.2 Å². The standard InChI is InChI=1S/C14H8BrF3N2O2/c1-7-20-12-10(4-3-9(15)13(12)21-7)22-11-5-2-8(6-19-11)14(16,17)18/h2-6H,1H3. The average Bonchev–Trinajstić information content (AvgIpc) is 2.84. The van der Waals surface area contributed by atoms with Crippen LogP contribution in [0.5, 0.6) is 11.6 Å². The highest BCUT2D eigenvalue weighted by Crippen LogP contribution is 2.35. The number of nitrogens with zero attached hydrogens (tertiary/aromatic N) is 2. The molecule has 0 atom stereocenters. The number of oxazole rings is 1. The zero-order chi connectivity index (χ0) is 15.9. The molecule has 114 valence electrons. The molecular weight excluding hydrogens is 365 g/mol. The van der Waals surface area contributed by atoms with E-state index in [2.05, 4.69) is 25.9 Å². The molecule has 0 N–H and O–H groups in total. The summed E-state index contributed by atoms with van der Waals surface area (Å²) < 4.78 is 49.1. The second-order valence-electron chi connectivity index (χ2n) is 4.44. The third-order valence-corrected chi connectivity index (χ3v) is 3.47. The van der Waals surface area contributed by atoms with Crippen LogP contribution < -0.4 is 4.74 Å². The lowest BCUT2D eigenvalue weighted by atomic mass is 10.3. The van der Waals surface area contributed by atoms with Crippen LogP contribution in [0.4, 0.5) is 13.2 Å². The van der Waals surface area contributed by atoms with Crippen molar-refractivity contribution in [2.75, 3.05) is 0 Å². The summed E-state index contributed by atoms with van der Waals surface area (Å²) >= 11 is 3.33. The Kier molecular flexibility index (Phi) is 3.56. The zero-order valence-corrected chi connectivity index (χ0v) is 12.7. The Labute approximate surface area is 131 Å². The van der Waals surface area contributed by atoms with Gasteiger partial charge in [0.05, 0.1) is 10.0 Å². The Morgan fingerprint density at radius 3 is 2.59 bits per heavy atom. The van der Waals surface area contributed by atoms with E-state index in [-0.39, 0.29) is 5.88 Å². The van der Waals surface area contributed by atoms with Gasteiger partial charge in [-0.15, -0.1) is 0 Å². The molecule has 0 spiro atoms. The van der Waals surface area contributed by atoms with Crippen LogP contribution in [0.2, 0.25) is 0 Å². The van der Waals surface area contributed by atoms with E-state index in [1.54, 1.807) is 19.1 Å². The Morgan fingerprint density at radius 1 is 1.18 bits per heavy atom. The quantitative estimate of drug-likeness (QED) is 0.627. The Balaban J connectivity index is 1.95. The van der Waals surface area contributed by atoms with Crippen LogP contribution in [0, 0.1) is 6.92 Å². The van der Waals surface area contributed by atoms with Crippen LogP contribution in [-0.2, 0) is 6.18 Å². The second kappa shape index (κ2) is 5.28. The first-order valence-corrected chi connectivity index (χ1v) is 6.90. The molecule has 0 radical (unpaired) electrons. The minimum Gasteiger partial charge on any atom is -0.440 e. The van der Waals surface area contributed by atoms with Crippen LogP contribution in [0.3, 0.4) is 0 Å². The minimum atomic E-state index is -4.43. The predicted octanol–water partition coefficient (Wildman–Crippen LogP) is 5.10. The monoisotopic (exact) mass is 372 g/mol. The molecule has 2 aromatic heterocycles. The molecule has 0 bridgehead atoms. The minimum absolute atomic E-state index is 0.0391. The van der Waals surface area contributed by atoms with E-state index in [9.17, 15) is 13.2 Å². The summed E-state index contributed by atoms with van der Waals surface area (Å²) in [5, 5.41) is 0. The van der Waals surface area contributed by atoms with Gasteiger partial charge in [0.25, 0.3) is 0 Å². The van der Waals surface area contributed by atoms with Crippen molar-refractivity contribution in [3.05, 3.63) is 46.4 Å². The summed E-state index contributed by atoms with van der Waals surface area (Å²) in [5.74, 6) is 0.840. The highest BCUT2D eigenvalue weighted by Gasteiger charge is 2.30. The molecule has 0 aliphatic carbocycles. The van der Waals surface area contributed by atoms with Crippen LogP contribution in [-0.4, -0.2) is 9.97 Å². The van der Waals surface area contributed by atoms with Gasteiger partial charge in [0, 0.05) is 19.2 Å². The van der Waals surface area contributed by atoms with Gasteiger partial charge in [0.15, 0.2) is 22.7 Å². The number of hydrogen-bond donors (Lipinski definition) is 0. The van der Waals surface area contributed by atoms with E-state index in [4.69, 9.17) is 9.15 Å². The van der Waals surface area contributed by atoms with Gasteiger partial charge >= 0.3 is 6.18 Å². The van der Waals surface area contributed by atoms with Gasteiger partial charge in [-0.05, 0) is 34.1 Å². The number of alkyl halides is 3. The summed E-state index contributed by atoms with van der Waals surface area (Å²) in [4.78, 5) is 7.86. The molecule has 0 fully saturated rings. The molecule has 4 nitrogen and oxygen atoms in total. The number of benzene rings is 1. The highest BCUT2D eigenvalue weighted by molar-refractivity contribution is 9.10. The van der Waals surface area contributed by atoms with Crippen molar-refractivity contribution in [1.29, 1.82) is 0 Å². The Morgan fingerprint density at radius 2 is 1.95 bits per heavy atom. The number of halogens is 4. The van der Waals surface area contributed by atoms with Crippen LogP contribution in [0.1, 0.15) is 11.5 Å². The Bertz CT molecular complexity index is 828. The molecular formula is C14H8BrF3N2O2. The fraction of sp³-hybridized carbons (Fsp3) is 0.143. The van der Waals surface area contributed by atoms with Crippen molar-refractivity contribution < 1.29 is 22.3 Å². The van der Waals surface area contributed by atoms with Gasteiger partial charge in [-0.1, -0.05) is 0 Å². The summed E-state index contributed by atoms with van der Waals surface area (Å²) in [6, 6.07) is 5.40. The number of pyridine rings is 1. The molecule has 0 saturated heterocycles. The van der Waals surface area contributed by atoms with Crippen molar-refractivity contribution in [3.8, 4) is 11.6 Å².